The molecule has 1 aliphatic heterocycles. The second-order valence-electron chi connectivity index (χ2n) is 6.60. The van der Waals surface area contributed by atoms with Crippen LogP contribution < -0.4 is 5.56 Å². The van der Waals surface area contributed by atoms with E-state index in [0.717, 1.165) is 24.1 Å². The molecule has 0 fully saturated rings. The third kappa shape index (κ3) is 3.49. The van der Waals surface area contributed by atoms with Crippen molar-refractivity contribution in [1.82, 2.24) is 14.7 Å². The van der Waals surface area contributed by atoms with Crippen LogP contribution >= 0.6 is 22.7 Å². The Kier molecular flexibility index (Phi) is 5.22. The first-order valence-electron chi connectivity index (χ1n) is 9.18. The van der Waals surface area contributed by atoms with Gasteiger partial charge in [0.05, 0.1) is 6.04 Å². The van der Waals surface area contributed by atoms with Gasteiger partial charge in [-0.3, -0.25) is 9.59 Å². The van der Waals surface area contributed by atoms with Gasteiger partial charge in [0.2, 0.25) is 0 Å². The molecule has 7 heteroatoms. The van der Waals surface area contributed by atoms with Gasteiger partial charge in [-0.1, -0.05) is 19.4 Å². The third-order valence-corrected chi connectivity index (χ3v) is 6.77. The zero-order chi connectivity index (χ0) is 18.8. The summed E-state index contributed by atoms with van der Waals surface area (Å²) in [4.78, 5) is 29.8. The maximum absolute atomic E-state index is 13.3. The zero-order valence-electron chi connectivity index (χ0n) is 15.1. The molecule has 0 bridgehead atoms. The second kappa shape index (κ2) is 7.78. The third-order valence-electron chi connectivity index (χ3n) is 4.85. The van der Waals surface area contributed by atoms with Crippen LogP contribution in [0.15, 0.2) is 45.9 Å². The summed E-state index contributed by atoms with van der Waals surface area (Å²) < 4.78 is 1.41. The highest BCUT2D eigenvalue weighted by Gasteiger charge is 2.34. The number of rotatable bonds is 5. The average Bonchev–Trinajstić information content (AvgIpc) is 3.37. The predicted molar refractivity (Wildman–Crippen MR) is 109 cm³/mol. The number of hydrogen-bond donors (Lipinski definition) is 0. The summed E-state index contributed by atoms with van der Waals surface area (Å²) in [5.74, 6) is -0.115. The lowest BCUT2D eigenvalue weighted by molar-refractivity contribution is 0.0689. The Morgan fingerprint density at radius 2 is 2.11 bits per heavy atom. The first-order chi connectivity index (χ1) is 13.2. The minimum Gasteiger partial charge on any atom is -0.325 e. The van der Waals surface area contributed by atoms with E-state index < -0.39 is 0 Å². The topological polar surface area (TPSA) is 55.2 Å². The van der Waals surface area contributed by atoms with Gasteiger partial charge in [0.1, 0.15) is 5.69 Å². The summed E-state index contributed by atoms with van der Waals surface area (Å²) in [6.07, 6.45) is 2.69. The number of aryl methyl sites for hydroxylation is 1. The quantitative estimate of drug-likeness (QED) is 0.653. The standard InChI is InChI=1S/C20H21N3O2S2/c1-2-3-10-23-18(24)7-6-15(21-23)20(25)22-11-8-16-14(9-13-27-16)19(22)17-5-4-12-26-17/h4-7,9,12-13,19H,2-3,8,10-11H2,1H3. The molecule has 0 N–H and O–H groups in total. The molecule has 0 aliphatic carbocycles. The van der Waals surface area contributed by atoms with Gasteiger partial charge in [-0.05, 0) is 47.4 Å². The van der Waals surface area contributed by atoms with Gasteiger partial charge in [0.25, 0.3) is 11.5 Å². The highest BCUT2D eigenvalue weighted by molar-refractivity contribution is 7.10. The van der Waals surface area contributed by atoms with Crippen molar-refractivity contribution in [2.24, 2.45) is 0 Å². The Hall–Kier alpha value is -2.25. The number of nitrogens with zero attached hydrogens (tertiary/aromatic N) is 3. The molecule has 0 saturated carbocycles. The Morgan fingerprint density at radius 3 is 2.89 bits per heavy atom. The van der Waals surface area contributed by atoms with Gasteiger partial charge >= 0.3 is 0 Å². The fraction of sp³-hybridized carbons (Fsp3) is 0.350. The van der Waals surface area contributed by atoms with E-state index in [0.29, 0.717) is 18.8 Å². The maximum atomic E-state index is 13.3. The molecule has 0 aromatic carbocycles. The minimum atomic E-state index is -0.159. The lowest BCUT2D eigenvalue weighted by Gasteiger charge is -2.35. The molecule has 0 radical (unpaired) electrons. The normalized spacial score (nSPS) is 16.3. The number of fused-ring (bicyclic) bond motifs is 1. The van der Waals surface area contributed by atoms with Crippen molar-refractivity contribution in [3.8, 4) is 0 Å². The first-order valence-corrected chi connectivity index (χ1v) is 10.9. The lowest BCUT2D eigenvalue weighted by atomic mass is 9.98. The molecule has 27 heavy (non-hydrogen) atoms. The molecule has 1 aliphatic rings. The number of aromatic nitrogens is 2. The van der Waals surface area contributed by atoms with Gasteiger partial charge < -0.3 is 4.90 Å². The molecule has 3 aromatic heterocycles. The number of unbranched alkanes of at least 4 members (excludes halogenated alkanes) is 1. The van der Waals surface area contributed by atoms with E-state index in [1.165, 1.54) is 21.2 Å². The zero-order valence-corrected chi connectivity index (χ0v) is 16.8. The Bertz CT molecular complexity index is 991. The molecule has 1 atom stereocenters. The van der Waals surface area contributed by atoms with E-state index in [9.17, 15) is 9.59 Å². The second-order valence-corrected chi connectivity index (χ2v) is 8.58. The van der Waals surface area contributed by atoms with Gasteiger partial charge in [-0.15, -0.1) is 22.7 Å². The van der Waals surface area contributed by atoms with Crippen LogP contribution in [0.3, 0.4) is 0 Å². The van der Waals surface area contributed by atoms with Gasteiger partial charge in [-0.25, -0.2) is 4.68 Å². The summed E-state index contributed by atoms with van der Waals surface area (Å²) >= 11 is 3.42. The van der Waals surface area contributed by atoms with Crippen LogP contribution in [0.5, 0.6) is 0 Å². The molecule has 0 spiro atoms. The monoisotopic (exact) mass is 399 g/mol. The first kappa shape index (κ1) is 18.1. The fourth-order valence-corrected chi connectivity index (χ4v) is 5.23. The summed E-state index contributed by atoms with van der Waals surface area (Å²) in [5, 5.41) is 8.51. The smallest absolute Gasteiger partial charge is 0.275 e. The minimum absolute atomic E-state index is 0.0784. The van der Waals surface area contributed by atoms with Crippen molar-refractivity contribution in [2.45, 2.75) is 38.8 Å². The number of amides is 1. The molecular weight excluding hydrogens is 378 g/mol. The summed E-state index contributed by atoms with van der Waals surface area (Å²) in [6, 6.07) is 9.16. The van der Waals surface area contributed by atoms with Gasteiger partial charge in [0, 0.05) is 28.9 Å². The van der Waals surface area contributed by atoms with E-state index in [1.54, 1.807) is 28.7 Å². The molecule has 0 saturated heterocycles. The molecule has 1 unspecified atom stereocenters. The molecule has 3 aromatic rings. The molecule has 140 valence electrons. The largest absolute Gasteiger partial charge is 0.325 e. The molecular formula is C20H21N3O2S2. The van der Waals surface area contributed by atoms with E-state index in [4.69, 9.17) is 0 Å². The van der Waals surface area contributed by atoms with Crippen LogP contribution in [-0.4, -0.2) is 27.1 Å². The Labute approximate surface area is 165 Å². The van der Waals surface area contributed by atoms with Gasteiger partial charge in [0.15, 0.2) is 0 Å². The van der Waals surface area contributed by atoms with Crippen LogP contribution in [-0.2, 0) is 13.0 Å². The fourth-order valence-electron chi connectivity index (χ4n) is 3.47. The van der Waals surface area contributed by atoms with Crippen molar-refractivity contribution in [2.75, 3.05) is 6.54 Å². The van der Waals surface area contributed by atoms with Crippen molar-refractivity contribution >= 4 is 28.6 Å². The number of carbonyl (C=O) groups excluding carboxylic acids is 1. The van der Waals surface area contributed by atoms with E-state index >= 15 is 0 Å². The van der Waals surface area contributed by atoms with Crippen molar-refractivity contribution in [3.05, 3.63) is 72.5 Å². The highest BCUT2D eigenvalue weighted by Crippen LogP contribution is 2.39. The van der Waals surface area contributed by atoms with Crippen LogP contribution in [0, 0.1) is 0 Å². The highest BCUT2D eigenvalue weighted by atomic mass is 32.1. The molecule has 4 heterocycles. The Balaban J connectivity index is 1.70. The number of thiophene rings is 2. The number of hydrogen-bond acceptors (Lipinski definition) is 5. The summed E-state index contributed by atoms with van der Waals surface area (Å²) in [6.45, 7) is 3.27. The summed E-state index contributed by atoms with van der Waals surface area (Å²) in [7, 11) is 0. The molecule has 5 nitrogen and oxygen atoms in total. The van der Waals surface area contributed by atoms with Crippen molar-refractivity contribution in [1.29, 1.82) is 0 Å². The average molecular weight is 400 g/mol. The Morgan fingerprint density at radius 1 is 1.22 bits per heavy atom. The van der Waals surface area contributed by atoms with Crippen LogP contribution in [0.25, 0.3) is 0 Å². The van der Waals surface area contributed by atoms with Crippen molar-refractivity contribution < 1.29 is 4.79 Å². The van der Waals surface area contributed by atoms with Crippen LogP contribution in [0.2, 0.25) is 0 Å². The van der Waals surface area contributed by atoms with Crippen LogP contribution in [0.1, 0.15) is 51.6 Å². The molecule has 4 rings (SSSR count). The van der Waals surface area contributed by atoms with Gasteiger partial charge in [-0.2, -0.15) is 5.10 Å². The number of carbonyl (C=O) groups is 1. The maximum Gasteiger partial charge on any atom is 0.275 e. The van der Waals surface area contributed by atoms with E-state index in [2.05, 4.69) is 29.5 Å². The van der Waals surface area contributed by atoms with Crippen molar-refractivity contribution in [3.63, 3.8) is 0 Å². The SMILES string of the molecule is CCCCn1nc(C(=O)N2CCc3sccc3C2c2cccs2)ccc1=O. The van der Waals surface area contributed by atoms with E-state index in [1.807, 2.05) is 16.3 Å². The van der Waals surface area contributed by atoms with Crippen LogP contribution in [0.4, 0.5) is 0 Å². The molecule has 1 amide bonds. The summed E-state index contributed by atoms with van der Waals surface area (Å²) in [5.41, 5.74) is 1.39. The van der Waals surface area contributed by atoms with E-state index in [-0.39, 0.29) is 17.5 Å². The predicted octanol–water partition coefficient (Wildman–Crippen LogP) is 3.95. The lowest BCUT2D eigenvalue weighted by Crippen LogP contribution is -2.41.